The van der Waals surface area contributed by atoms with Gasteiger partial charge in [-0.15, -0.1) is 0 Å². The van der Waals surface area contributed by atoms with Crippen molar-refractivity contribution in [2.45, 2.75) is 27.2 Å². The second kappa shape index (κ2) is 5.76. The van der Waals surface area contributed by atoms with E-state index in [4.69, 9.17) is 0 Å². The molecule has 98 valence electrons. The minimum atomic E-state index is -0.957. The first kappa shape index (κ1) is 14.4. The molecule has 4 nitrogen and oxygen atoms in total. The maximum atomic E-state index is 12.1. The summed E-state index contributed by atoms with van der Waals surface area (Å²) in [7, 11) is 0. The average Bonchev–Trinajstić information content (AvgIpc) is 2.29. The van der Waals surface area contributed by atoms with E-state index in [2.05, 4.69) is 0 Å². The summed E-state index contributed by atoms with van der Waals surface area (Å²) in [5, 5.41) is 9.28. The average molecular weight is 259 g/mol. The highest BCUT2D eigenvalue weighted by atomic mass is 32.2. The van der Waals surface area contributed by atoms with Crippen LogP contribution in [0.4, 0.5) is 0 Å². The quantitative estimate of drug-likeness (QED) is 0.835. The Labute approximate surface area is 107 Å². The molecule has 1 aliphatic rings. The molecular weight excluding hydrogens is 238 g/mol. The minimum absolute atomic E-state index is 0.0242. The topological polar surface area (TPSA) is 57.6 Å². The maximum Gasteiger partial charge on any atom is 0.310 e. The number of carbonyl (C=O) groups excluding carboxylic acids is 1. The minimum Gasteiger partial charge on any atom is -0.481 e. The number of thioether (sulfide) groups is 1. The lowest BCUT2D eigenvalue weighted by Gasteiger charge is -2.33. The van der Waals surface area contributed by atoms with Gasteiger partial charge >= 0.3 is 5.97 Å². The molecule has 0 aromatic rings. The summed E-state index contributed by atoms with van der Waals surface area (Å²) in [4.78, 5) is 25.2. The summed E-state index contributed by atoms with van der Waals surface area (Å²) in [5.41, 5.74) is -0.957. The van der Waals surface area contributed by atoms with Crippen LogP contribution in [0.1, 0.15) is 27.2 Å². The third kappa shape index (κ3) is 3.37. The molecule has 1 N–H and O–H groups in total. The molecule has 0 aliphatic carbocycles. The molecule has 0 aromatic carbocycles. The van der Waals surface area contributed by atoms with Crippen molar-refractivity contribution in [3.05, 3.63) is 0 Å². The van der Waals surface area contributed by atoms with Gasteiger partial charge in [0.25, 0.3) is 0 Å². The Kier molecular flexibility index (Phi) is 4.86. The van der Waals surface area contributed by atoms with Crippen molar-refractivity contribution in [3.63, 3.8) is 0 Å². The molecule has 0 radical (unpaired) electrons. The Morgan fingerprint density at radius 2 is 1.88 bits per heavy atom. The largest absolute Gasteiger partial charge is 0.481 e. The highest BCUT2D eigenvalue weighted by Crippen LogP contribution is 2.32. The van der Waals surface area contributed by atoms with Gasteiger partial charge in [-0.25, -0.2) is 0 Å². The van der Waals surface area contributed by atoms with Crippen molar-refractivity contribution in [1.29, 1.82) is 0 Å². The van der Waals surface area contributed by atoms with Gasteiger partial charge in [0.15, 0.2) is 0 Å². The Bertz CT molecular complexity index is 300. The lowest BCUT2D eigenvalue weighted by molar-refractivity contribution is -0.155. The molecule has 17 heavy (non-hydrogen) atoms. The van der Waals surface area contributed by atoms with Gasteiger partial charge in [-0.2, -0.15) is 11.8 Å². The predicted octanol–water partition coefficient (Wildman–Crippen LogP) is 1.70. The van der Waals surface area contributed by atoms with E-state index in [1.54, 1.807) is 11.8 Å². The van der Waals surface area contributed by atoms with Crippen molar-refractivity contribution < 1.29 is 14.7 Å². The van der Waals surface area contributed by atoms with Gasteiger partial charge in [0.05, 0.1) is 5.41 Å². The molecule has 1 aliphatic heterocycles. The summed E-state index contributed by atoms with van der Waals surface area (Å²) < 4.78 is 0. The van der Waals surface area contributed by atoms with Gasteiger partial charge in [-0.3, -0.25) is 9.59 Å². The number of amides is 1. The first-order chi connectivity index (χ1) is 7.88. The van der Waals surface area contributed by atoms with Gasteiger partial charge in [0.1, 0.15) is 0 Å². The maximum absolute atomic E-state index is 12.1. The van der Waals surface area contributed by atoms with E-state index in [0.29, 0.717) is 0 Å². The van der Waals surface area contributed by atoms with Crippen molar-refractivity contribution in [2.75, 3.05) is 24.6 Å². The van der Waals surface area contributed by atoms with E-state index in [-0.39, 0.29) is 18.2 Å². The third-order valence-corrected chi connectivity index (χ3v) is 4.59. The van der Waals surface area contributed by atoms with E-state index in [1.807, 2.05) is 25.6 Å². The van der Waals surface area contributed by atoms with Crippen molar-refractivity contribution in [3.8, 4) is 0 Å². The molecule has 0 spiro atoms. The Balaban J connectivity index is 2.67. The van der Waals surface area contributed by atoms with Crippen molar-refractivity contribution >= 4 is 23.6 Å². The van der Waals surface area contributed by atoms with Crippen molar-refractivity contribution in [2.24, 2.45) is 11.3 Å². The molecule has 1 unspecified atom stereocenters. The summed E-state index contributed by atoms with van der Waals surface area (Å²) in [5.74, 6) is 0.952. The lowest BCUT2D eigenvalue weighted by Crippen LogP contribution is -2.43. The number of carboxylic acid groups (broad SMARTS) is 1. The number of nitrogens with zero attached hydrogens (tertiary/aromatic N) is 1. The first-order valence-electron chi connectivity index (χ1n) is 5.97. The Morgan fingerprint density at radius 1 is 1.35 bits per heavy atom. The summed E-state index contributed by atoms with van der Waals surface area (Å²) in [6.07, 6.45) is 0.102. The molecule has 1 amide bonds. The fourth-order valence-electron chi connectivity index (χ4n) is 1.77. The van der Waals surface area contributed by atoms with E-state index < -0.39 is 11.4 Å². The van der Waals surface area contributed by atoms with Gasteiger partial charge in [0.2, 0.25) is 5.91 Å². The summed E-state index contributed by atoms with van der Waals surface area (Å²) >= 11 is 1.84. The summed E-state index contributed by atoms with van der Waals surface area (Å²) in [6, 6.07) is 0. The van der Waals surface area contributed by atoms with Gasteiger partial charge in [-0.1, -0.05) is 13.8 Å². The zero-order valence-electron chi connectivity index (χ0n) is 10.7. The molecule has 0 saturated carbocycles. The summed E-state index contributed by atoms with van der Waals surface area (Å²) in [6.45, 7) is 6.87. The molecule has 1 fully saturated rings. The number of rotatable bonds is 4. The predicted molar refractivity (Wildman–Crippen MR) is 69.1 cm³/mol. The smallest absolute Gasteiger partial charge is 0.310 e. The number of hydrogen-bond acceptors (Lipinski definition) is 3. The molecule has 0 bridgehead atoms. The van der Waals surface area contributed by atoms with Crippen LogP contribution in [0.15, 0.2) is 0 Å². The normalized spacial score (nSPS) is 20.1. The van der Waals surface area contributed by atoms with E-state index in [9.17, 15) is 14.7 Å². The van der Waals surface area contributed by atoms with Crippen LogP contribution < -0.4 is 0 Å². The van der Waals surface area contributed by atoms with E-state index in [1.165, 1.54) is 0 Å². The number of carbonyl (C=O) groups is 2. The van der Waals surface area contributed by atoms with Gasteiger partial charge in [0, 0.05) is 31.0 Å². The van der Waals surface area contributed by atoms with E-state index in [0.717, 1.165) is 24.6 Å². The monoisotopic (exact) mass is 259 g/mol. The SMILES string of the molecule is CC(C)C(C)(CC(=O)N1CCSCC1)C(=O)O. The zero-order chi connectivity index (χ0) is 13.1. The standard InChI is InChI=1S/C12H21NO3S/c1-9(2)12(3,11(15)16)8-10(14)13-4-6-17-7-5-13/h9H,4-8H2,1-3H3,(H,15,16). The van der Waals surface area contributed by atoms with Crippen LogP contribution in [-0.4, -0.2) is 46.5 Å². The molecule has 1 saturated heterocycles. The van der Waals surface area contributed by atoms with Gasteiger partial charge in [-0.05, 0) is 12.8 Å². The van der Waals surface area contributed by atoms with Crippen LogP contribution in [0.3, 0.4) is 0 Å². The number of carboxylic acids is 1. The van der Waals surface area contributed by atoms with Crippen LogP contribution in [0.25, 0.3) is 0 Å². The number of aliphatic carboxylic acids is 1. The molecular formula is C12H21NO3S. The first-order valence-corrected chi connectivity index (χ1v) is 7.12. The highest BCUT2D eigenvalue weighted by molar-refractivity contribution is 7.99. The number of hydrogen-bond donors (Lipinski definition) is 1. The molecule has 1 atom stereocenters. The highest BCUT2D eigenvalue weighted by Gasteiger charge is 2.39. The second-order valence-corrected chi connectivity index (χ2v) is 6.27. The molecule has 5 heteroatoms. The zero-order valence-corrected chi connectivity index (χ0v) is 11.5. The van der Waals surface area contributed by atoms with Gasteiger partial charge < -0.3 is 10.0 Å². The Hall–Kier alpha value is -0.710. The molecule has 1 heterocycles. The van der Waals surface area contributed by atoms with Crippen LogP contribution in [0, 0.1) is 11.3 Å². The lowest BCUT2D eigenvalue weighted by atomic mass is 9.76. The fraction of sp³-hybridized carbons (Fsp3) is 0.833. The van der Waals surface area contributed by atoms with Crippen LogP contribution in [-0.2, 0) is 9.59 Å². The van der Waals surface area contributed by atoms with Crippen molar-refractivity contribution in [1.82, 2.24) is 4.90 Å². The van der Waals surface area contributed by atoms with Crippen LogP contribution in [0.2, 0.25) is 0 Å². The third-order valence-electron chi connectivity index (χ3n) is 3.65. The molecule has 1 rings (SSSR count). The Morgan fingerprint density at radius 3 is 2.29 bits per heavy atom. The van der Waals surface area contributed by atoms with E-state index >= 15 is 0 Å². The van der Waals surface area contributed by atoms with Crippen LogP contribution in [0.5, 0.6) is 0 Å². The second-order valence-electron chi connectivity index (χ2n) is 5.05. The molecule has 0 aromatic heterocycles. The van der Waals surface area contributed by atoms with Crippen LogP contribution >= 0.6 is 11.8 Å². The fourth-order valence-corrected chi connectivity index (χ4v) is 2.67.